The summed E-state index contributed by atoms with van der Waals surface area (Å²) in [5.41, 5.74) is -0.121. The minimum atomic E-state index is -0.121. The van der Waals surface area contributed by atoms with E-state index in [1.54, 1.807) is 14.0 Å². The highest BCUT2D eigenvalue weighted by Crippen LogP contribution is 2.23. The van der Waals surface area contributed by atoms with Crippen LogP contribution in [0.1, 0.15) is 26.7 Å². The molecule has 0 aromatic carbocycles. The van der Waals surface area contributed by atoms with E-state index < -0.39 is 0 Å². The molecule has 0 N–H and O–H groups in total. The van der Waals surface area contributed by atoms with Gasteiger partial charge in [0.2, 0.25) is 5.91 Å². The molecule has 1 rings (SSSR count). The molecule has 3 nitrogen and oxygen atoms in total. The van der Waals surface area contributed by atoms with Gasteiger partial charge in [0.25, 0.3) is 0 Å². The number of carbonyl (C=O) groups is 1. The summed E-state index contributed by atoms with van der Waals surface area (Å²) in [6, 6.07) is 0. The van der Waals surface area contributed by atoms with E-state index in [0.717, 1.165) is 25.9 Å². The second-order valence-electron chi connectivity index (χ2n) is 3.70. The summed E-state index contributed by atoms with van der Waals surface area (Å²) in [5, 5.41) is 0. The molecule has 3 heteroatoms. The third-order valence-corrected chi connectivity index (χ3v) is 2.60. The van der Waals surface area contributed by atoms with E-state index in [9.17, 15) is 4.79 Å². The maximum absolute atomic E-state index is 11.1. The monoisotopic (exact) mass is 171 g/mol. The standard InChI is InChI=1S/C9H17NO2/c1-8(11)10-6-4-5-9(2,7-10)12-3/h4-7H2,1-3H3. The Morgan fingerprint density at radius 3 is 2.75 bits per heavy atom. The van der Waals surface area contributed by atoms with Gasteiger partial charge < -0.3 is 9.64 Å². The maximum atomic E-state index is 11.1. The molecule has 0 aromatic heterocycles. The molecule has 12 heavy (non-hydrogen) atoms. The zero-order chi connectivity index (χ0) is 9.19. The molecule has 70 valence electrons. The minimum absolute atomic E-state index is 0.121. The summed E-state index contributed by atoms with van der Waals surface area (Å²) >= 11 is 0. The number of ether oxygens (including phenoxy) is 1. The van der Waals surface area contributed by atoms with Gasteiger partial charge in [0.1, 0.15) is 0 Å². The molecule has 0 spiro atoms. The van der Waals surface area contributed by atoms with E-state index in [-0.39, 0.29) is 11.5 Å². The van der Waals surface area contributed by atoms with Gasteiger partial charge in [-0.05, 0) is 19.8 Å². The molecule has 1 amide bonds. The molecule has 1 fully saturated rings. The number of nitrogens with zero attached hydrogens (tertiary/aromatic N) is 1. The summed E-state index contributed by atoms with van der Waals surface area (Å²) in [7, 11) is 1.71. The third-order valence-electron chi connectivity index (χ3n) is 2.60. The predicted molar refractivity (Wildman–Crippen MR) is 46.9 cm³/mol. The second kappa shape index (κ2) is 3.44. The molecular formula is C9H17NO2. The normalized spacial score (nSPS) is 30.4. The minimum Gasteiger partial charge on any atom is -0.377 e. The maximum Gasteiger partial charge on any atom is 0.219 e. The van der Waals surface area contributed by atoms with E-state index in [1.807, 2.05) is 4.90 Å². The van der Waals surface area contributed by atoms with Crippen LogP contribution in [0.4, 0.5) is 0 Å². The van der Waals surface area contributed by atoms with Crippen LogP contribution in [-0.4, -0.2) is 36.6 Å². The number of hydrogen-bond acceptors (Lipinski definition) is 2. The number of rotatable bonds is 1. The Morgan fingerprint density at radius 1 is 1.58 bits per heavy atom. The molecule has 0 aromatic rings. The number of amides is 1. The Bertz CT molecular complexity index is 181. The highest BCUT2D eigenvalue weighted by Gasteiger charge is 2.31. The Balaban J connectivity index is 2.57. The lowest BCUT2D eigenvalue weighted by molar-refractivity contribution is -0.136. The van der Waals surface area contributed by atoms with Crippen LogP contribution in [0, 0.1) is 0 Å². The van der Waals surface area contributed by atoms with Crippen LogP contribution in [0.5, 0.6) is 0 Å². The van der Waals surface area contributed by atoms with Gasteiger partial charge >= 0.3 is 0 Å². The molecule has 1 unspecified atom stereocenters. The zero-order valence-corrected chi connectivity index (χ0v) is 8.09. The van der Waals surface area contributed by atoms with Gasteiger partial charge in [-0.1, -0.05) is 0 Å². The van der Waals surface area contributed by atoms with Crippen molar-refractivity contribution in [1.29, 1.82) is 0 Å². The number of carbonyl (C=O) groups excluding carboxylic acids is 1. The van der Waals surface area contributed by atoms with Crippen LogP contribution in [0.3, 0.4) is 0 Å². The van der Waals surface area contributed by atoms with Crippen molar-refractivity contribution in [2.75, 3.05) is 20.2 Å². The van der Waals surface area contributed by atoms with Gasteiger partial charge in [-0.3, -0.25) is 4.79 Å². The lowest BCUT2D eigenvalue weighted by atomic mass is 9.95. The molecule has 0 radical (unpaired) electrons. The Labute approximate surface area is 73.7 Å². The van der Waals surface area contributed by atoms with Crippen molar-refractivity contribution in [2.45, 2.75) is 32.3 Å². The summed E-state index contributed by atoms with van der Waals surface area (Å²) < 4.78 is 5.37. The second-order valence-corrected chi connectivity index (χ2v) is 3.70. The van der Waals surface area contributed by atoms with E-state index in [1.165, 1.54) is 0 Å². The smallest absolute Gasteiger partial charge is 0.219 e. The van der Waals surface area contributed by atoms with Gasteiger partial charge in [-0.25, -0.2) is 0 Å². The van der Waals surface area contributed by atoms with Crippen molar-refractivity contribution < 1.29 is 9.53 Å². The number of piperidine rings is 1. The van der Waals surface area contributed by atoms with Crippen LogP contribution in [0.25, 0.3) is 0 Å². The molecule has 0 saturated carbocycles. The van der Waals surface area contributed by atoms with Crippen LogP contribution in [0.15, 0.2) is 0 Å². The van der Waals surface area contributed by atoms with Gasteiger partial charge in [0, 0.05) is 27.1 Å². The predicted octanol–water partition coefficient (Wildman–Crippen LogP) is 1.03. The van der Waals surface area contributed by atoms with Crippen molar-refractivity contribution in [3.8, 4) is 0 Å². The van der Waals surface area contributed by atoms with Crippen LogP contribution < -0.4 is 0 Å². The summed E-state index contributed by atoms with van der Waals surface area (Å²) in [6.07, 6.45) is 2.09. The van der Waals surface area contributed by atoms with Crippen molar-refractivity contribution >= 4 is 5.91 Å². The molecule has 1 aliphatic heterocycles. The van der Waals surface area contributed by atoms with Gasteiger partial charge in [0.15, 0.2) is 0 Å². The van der Waals surface area contributed by atoms with Gasteiger partial charge in [0.05, 0.1) is 5.60 Å². The van der Waals surface area contributed by atoms with Gasteiger partial charge in [-0.15, -0.1) is 0 Å². The highest BCUT2D eigenvalue weighted by atomic mass is 16.5. The first-order valence-electron chi connectivity index (χ1n) is 4.38. The van der Waals surface area contributed by atoms with Crippen LogP contribution in [-0.2, 0) is 9.53 Å². The Kier molecular flexibility index (Phi) is 2.73. The first-order chi connectivity index (χ1) is 5.57. The molecule has 1 aliphatic rings. The van der Waals surface area contributed by atoms with E-state index in [2.05, 4.69) is 6.92 Å². The van der Waals surface area contributed by atoms with E-state index in [4.69, 9.17) is 4.74 Å². The molecule has 0 aliphatic carbocycles. The zero-order valence-electron chi connectivity index (χ0n) is 8.09. The number of likely N-dealkylation sites (tertiary alicyclic amines) is 1. The fourth-order valence-electron chi connectivity index (χ4n) is 1.64. The van der Waals surface area contributed by atoms with Crippen molar-refractivity contribution in [3.63, 3.8) is 0 Å². The summed E-state index contributed by atoms with van der Waals surface area (Å²) in [6.45, 7) is 5.29. The van der Waals surface area contributed by atoms with Crippen LogP contribution in [0.2, 0.25) is 0 Å². The van der Waals surface area contributed by atoms with Gasteiger partial charge in [-0.2, -0.15) is 0 Å². The largest absolute Gasteiger partial charge is 0.377 e. The SMILES string of the molecule is COC1(C)CCCN(C(C)=O)C1. The van der Waals surface area contributed by atoms with E-state index >= 15 is 0 Å². The topological polar surface area (TPSA) is 29.5 Å². The fourth-order valence-corrected chi connectivity index (χ4v) is 1.64. The van der Waals surface area contributed by atoms with E-state index in [0.29, 0.717) is 0 Å². The third kappa shape index (κ3) is 1.97. The average Bonchev–Trinajstić information content (AvgIpc) is 2.05. The first-order valence-corrected chi connectivity index (χ1v) is 4.38. The van der Waals surface area contributed by atoms with Crippen molar-refractivity contribution in [1.82, 2.24) is 4.90 Å². The Hall–Kier alpha value is -0.570. The molecular weight excluding hydrogens is 154 g/mol. The molecule has 0 bridgehead atoms. The Morgan fingerprint density at radius 2 is 2.25 bits per heavy atom. The molecule has 1 saturated heterocycles. The fraction of sp³-hybridized carbons (Fsp3) is 0.889. The molecule has 1 atom stereocenters. The number of methoxy groups -OCH3 is 1. The average molecular weight is 171 g/mol. The quantitative estimate of drug-likeness (QED) is 0.590. The lowest BCUT2D eigenvalue weighted by Gasteiger charge is -2.38. The van der Waals surface area contributed by atoms with Crippen molar-refractivity contribution in [3.05, 3.63) is 0 Å². The number of hydrogen-bond donors (Lipinski definition) is 0. The van der Waals surface area contributed by atoms with Crippen LogP contribution >= 0.6 is 0 Å². The summed E-state index contributed by atoms with van der Waals surface area (Å²) in [4.78, 5) is 12.9. The van der Waals surface area contributed by atoms with Crippen molar-refractivity contribution in [2.24, 2.45) is 0 Å². The summed E-state index contributed by atoms with van der Waals surface area (Å²) in [5.74, 6) is 0.151. The lowest BCUT2D eigenvalue weighted by Crippen LogP contribution is -2.48. The molecule has 1 heterocycles. The highest BCUT2D eigenvalue weighted by molar-refractivity contribution is 5.73. The first kappa shape index (κ1) is 9.52.